The van der Waals surface area contributed by atoms with Gasteiger partial charge in [-0.15, -0.1) is 0 Å². The molecule has 5 heteroatoms. The molecule has 1 aliphatic heterocycles. The Morgan fingerprint density at radius 1 is 1.30 bits per heavy atom. The van der Waals surface area contributed by atoms with Crippen molar-refractivity contribution in [2.24, 2.45) is 7.05 Å². The van der Waals surface area contributed by atoms with E-state index in [0.717, 1.165) is 30.4 Å². The molecule has 2 aromatic heterocycles. The van der Waals surface area contributed by atoms with Gasteiger partial charge in [-0.3, -0.25) is 9.58 Å². The quantitative estimate of drug-likeness (QED) is 0.867. The van der Waals surface area contributed by atoms with E-state index in [1.165, 1.54) is 24.1 Å². The van der Waals surface area contributed by atoms with Crippen molar-refractivity contribution in [2.75, 3.05) is 6.54 Å². The molecule has 0 N–H and O–H groups in total. The van der Waals surface area contributed by atoms with Gasteiger partial charge in [0.2, 0.25) is 5.89 Å². The van der Waals surface area contributed by atoms with Gasteiger partial charge in [-0.2, -0.15) is 5.10 Å². The molecule has 1 unspecified atom stereocenters. The zero-order valence-corrected chi connectivity index (χ0v) is 15.2. The van der Waals surface area contributed by atoms with Gasteiger partial charge in [-0.25, -0.2) is 4.98 Å². The number of nitrogens with zero attached hydrogens (tertiary/aromatic N) is 4. The molecule has 1 saturated heterocycles. The van der Waals surface area contributed by atoms with Crippen molar-refractivity contribution in [3.63, 3.8) is 0 Å². The molecular formula is C18H28N4O. The molecule has 0 radical (unpaired) electrons. The Labute approximate surface area is 138 Å². The third-order valence-corrected chi connectivity index (χ3v) is 4.89. The lowest BCUT2D eigenvalue weighted by Crippen LogP contribution is -2.23. The van der Waals surface area contributed by atoms with Gasteiger partial charge in [0.1, 0.15) is 5.76 Å². The lowest BCUT2D eigenvalue weighted by Gasteiger charge is -2.23. The number of rotatable bonds is 3. The average molecular weight is 316 g/mol. The fraction of sp³-hybridized carbons (Fsp3) is 0.667. The summed E-state index contributed by atoms with van der Waals surface area (Å²) in [6.45, 7) is 12.6. The van der Waals surface area contributed by atoms with E-state index >= 15 is 0 Å². The van der Waals surface area contributed by atoms with Gasteiger partial charge in [-0.05, 0) is 33.2 Å². The molecule has 3 rings (SSSR count). The minimum atomic E-state index is 0.00614. The molecule has 0 bridgehead atoms. The van der Waals surface area contributed by atoms with Crippen LogP contribution in [0.1, 0.15) is 68.3 Å². The summed E-state index contributed by atoms with van der Waals surface area (Å²) in [5.41, 5.74) is 3.80. The molecule has 3 heterocycles. The molecule has 5 nitrogen and oxygen atoms in total. The van der Waals surface area contributed by atoms with Crippen molar-refractivity contribution in [3.8, 4) is 0 Å². The standard InChI is InChI=1S/C18H28N4O/c1-12-17(13(2)21(6)20-12)14-8-7-9-22(14)11-16-19-10-15(23-16)18(3,4)5/h10,14H,7-9,11H2,1-6H3. The molecule has 1 aliphatic rings. The van der Waals surface area contributed by atoms with E-state index in [1.807, 2.05) is 17.9 Å². The van der Waals surface area contributed by atoms with Gasteiger partial charge >= 0.3 is 0 Å². The Morgan fingerprint density at radius 3 is 2.61 bits per heavy atom. The predicted molar refractivity (Wildman–Crippen MR) is 90.3 cm³/mol. The summed E-state index contributed by atoms with van der Waals surface area (Å²) in [6, 6.07) is 0.425. The molecule has 1 fully saturated rings. The van der Waals surface area contributed by atoms with Gasteiger partial charge in [-0.1, -0.05) is 20.8 Å². The second-order valence-corrected chi connectivity index (χ2v) is 7.70. The molecule has 126 valence electrons. The molecule has 23 heavy (non-hydrogen) atoms. The van der Waals surface area contributed by atoms with E-state index < -0.39 is 0 Å². The minimum Gasteiger partial charge on any atom is -0.444 e. The molecule has 0 amide bonds. The van der Waals surface area contributed by atoms with Gasteiger partial charge in [0, 0.05) is 29.8 Å². The number of hydrogen-bond acceptors (Lipinski definition) is 4. The van der Waals surface area contributed by atoms with Crippen molar-refractivity contribution in [2.45, 2.75) is 65.5 Å². The van der Waals surface area contributed by atoms with Crippen LogP contribution in [-0.4, -0.2) is 26.2 Å². The normalized spacial score (nSPS) is 19.7. The summed E-state index contributed by atoms with van der Waals surface area (Å²) in [4.78, 5) is 6.98. The third-order valence-electron chi connectivity index (χ3n) is 4.89. The highest BCUT2D eigenvalue weighted by atomic mass is 16.4. The summed E-state index contributed by atoms with van der Waals surface area (Å²) >= 11 is 0. The number of likely N-dealkylation sites (tertiary alicyclic amines) is 1. The molecule has 0 saturated carbocycles. The zero-order valence-electron chi connectivity index (χ0n) is 15.2. The SMILES string of the molecule is Cc1nn(C)c(C)c1C1CCCN1Cc1ncc(C(C)(C)C)o1. The number of aromatic nitrogens is 3. The molecule has 2 aromatic rings. The lowest BCUT2D eigenvalue weighted by molar-refractivity contribution is 0.217. The first kappa shape index (κ1) is 16.2. The van der Waals surface area contributed by atoms with Gasteiger partial charge in [0.05, 0.1) is 18.4 Å². The van der Waals surface area contributed by atoms with Crippen LogP contribution in [0.2, 0.25) is 0 Å². The molecule has 0 aromatic carbocycles. The van der Waals surface area contributed by atoms with Crippen molar-refractivity contribution in [1.29, 1.82) is 0 Å². The molecule has 0 spiro atoms. The van der Waals surface area contributed by atoms with Crippen molar-refractivity contribution in [1.82, 2.24) is 19.7 Å². The van der Waals surface area contributed by atoms with E-state index in [9.17, 15) is 0 Å². The highest BCUT2D eigenvalue weighted by Gasteiger charge is 2.31. The lowest BCUT2D eigenvalue weighted by atomic mass is 9.94. The summed E-state index contributed by atoms with van der Waals surface area (Å²) in [5.74, 6) is 1.78. The van der Waals surface area contributed by atoms with Crippen LogP contribution in [0.15, 0.2) is 10.6 Å². The van der Waals surface area contributed by atoms with Crippen LogP contribution < -0.4 is 0 Å². The van der Waals surface area contributed by atoms with E-state index in [1.54, 1.807) is 0 Å². The Kier molecular flexibility index (Phi) is 4.08. The number of aryl methyl sites for hydroxylation is 2. The fourth-order valence-corrected chi connectivity index (χ4v) is 3.52. The van der Waals surface area contributed by atoms with E-state index in [4.69, 9.17) is 4.42 Å². The summed E-state index contributed by atoms with van der Waals surface area (Å²) in [7, 11) is 2.02. The Balaban J connectivity index is 1.81. The van der Waals surface area contributed by atoms with E-state index in [0.29, 0.717) is 6.04 Å². The summed E-state index contributed by atoms with van der Waals surface area (Å²) < 4.78 is 7.98. The van der Waals surface area contributed by atoms with Gasteiger partial charge < -0.3 is 4.42 Å². The van der Waals surface area contributed by atoms with Crippen molar-refractivity contribution >= 4 is 0 Å². The van der Waals surface area contributed by atoms with Crippen LogP contribution in [0.5, 0.6) is 0 Å². The predicted octanol–water partition coefficient (Wildman–Crippen LogP) is 3.66. The maximum Gasteiger partial charge on any atom is 0.208 e. The zero-order chi connectivity index (χ0) is 16.8. The largest absolute Gasteiger partial charge is 0.444 e. The van der Waals surface area contributed by atoms with Crippen LogP contribution in [0, 0.1) is 13.8 Å². The van der Waals surface area contributed by atoms with Crippen LogP contribution in [0.3, 0.4) is 0 Å². The van der Waals surface area contributed by atoms with Gasteiger partial charge in [0.25, 0.3) is 0 Å². The minimum absolute atomic E-state index is 0.00614. The Bertz CT molecular complexity index is 692. The second-order valence-electron chi connectivity index (χ2n) is 7.70. The van der Waals surface area contributed by atoms with Crippen molar-refractivity contribution in [3.05, 3.63) is 34.8 Å². The number of hydrogen-bond donors (Lipinski definition) is 0. The number of oxazole rings is 1. The first-order valence-electron chi connectivity index (χ1n) is 8.46. The molecule has 1 atom stereocenters. The van der Waals surface area contributed by atoms with Crippen LogP contribution >= 0.6 is 0 Å². The maximum absolute atomic E-state index is 5.99. The van der Waals surface area contributed by atoms with E-state index in [2.05, 4.69) is 49.6 Å². The van der Waals surface area contributed by atoms with Gasteiger partial charge in [0.15, 0.2) is 0 Å². The first-order chi connectivity index (χ1) is 10.8. The highest BCUT2D eigenvalue weighted by Crippen LogP contribution is 2.36. The Hall–Kier alpha value is -1.62. The van der Waals surface area contributed by atoms with Crippen LogP contribution in [0.25, 0.3) is 0 Å². The maximum atomic E-state index is 5.99. The van der Waals surface area contributed by atoms with E-state index in [-0.39, 0.29) is 5.41 Å². The second kappa shape index (κ2) is 5.78. The molecule has 0 aliphatic carbocycles. The first-order valence-corrected chi connectivity index (χ1v) is 8.46. The topological polar surface area (TPSA) is 47.1 Å². The average Bonchev–Trinajstić information content (AvgIpc) is 3.13. The van der Waals surface area contributed by atoms with Crippen LogP contribution in [0.4, 0.5) is 0 Å². The molecular weight excluding hydrogens is 288 g/mol. The smallest absolute Gasteiger partial charge is 0.208 e. The summed E-state index contributed by atoms with van der Waals surface area (Å²) in [6.07, 6.45) is 4.27. The fourth-order valence-electron chi connectivity index (χ4n) is 3.52. The highest BCUT2D eigenvalue weighted by molar-refractivity contribution is 5.29. The third kappa shape index (κ3) is 3.07. The van der Waals surface area contributed by atoms with Crippen molar-refractivity contribution < 1.29 is 4.42 Å². The monoisotopic (exact) mass is 316 g/mol. The van der Waals surface area contributed by atoms with Crippen LogP contribution in [-0.2, 0) is 19.0 Å². The summed E-state index contributed by atoms with van der Waals surface area (Å²) in [5, 5.41) is 4.58. The Morgan fingerprint density at radius 2 is 2.04 bits per heavy atom.